The van der Waals surface area contributed by atoms with Crippen molar-refractivity contribution in [1.82, 2.24) is 4.90 Å². The molecule has 1 fully saturated rings. The van der Waals surface area contributed by atoms with Crippen LogP contribution in [0.4, 0.5) is 10.1 Å². The standard InChI is InChI=1S/C26H24FN3O5/c1-29-14-19(24(30(32)33)26(29)20-8-3-4-9-21(20)28-25(26)31)17-10-11-22(23(13-17)34-2)35-15-16-6-5-7-18(27)12-16/h3-13,19,24H,14-15H2,1-2H3,(H,28,31)/t19-,24+,26+/m0/s1. The molecule has 2 heterocycles. The van der Waals surface area contributed by atoms with Crippen molar-refractivity contribution in [1.29, 1.82) is 0 Å². The van der Waals surface area contributed by atoms with Crippen LogP contribution in [0.5, 0.6) is 11.5 Å². The summed E-state index contributed by atoms with van der Waals surface area (Å²) in [7, 11) is 3.23. The number of likely N-dealkylation sites (tertiary alicyclic amines) is 1. The van der Waals surface area contributed by atoms with Crippen LogP contribution in [0.25, 0.3) is 0 Å². The van der Waals surface area contributed by atoms with Crippen LogP contribution in [-0.2, 0) is 16.9 Å². The normalized spacial score (nSPS) is 23.2. The molecule has 35 heavy (non-hydrogen) atoms. The molecule has 8 nitrogen and oxygen atoms in total. The van der Waals surface area contributed by atoms with Crippen molar-refractivity contribution in [3.8, 4) is 11.5 Å². The molecule has 3 aromatic rings. The largest absolute Gasteiger partial charge is 0.493 e. The van der Waals surface area contributed by atoms with Crippen molar-refractivity contribution in [2.75, 3.05) is 26.0 Å². The van der Waals surface area contributed by atoms with Crippen LogP contribution in [0.2, 0.25) is 0 Å². The lowest BCUT2D eigenvalue weighted by Crippen LogP contribution is -2.54. The topological polar surface area (TPSA) is 93.9 Å². The van der Waals surface area contributed by atoms with Gasteiger partial charge in [0.15, 0.2) is 17.0 Å². The molecule has 9 heteroatoms. The highest BCUT2D eigenvalue weighted by atomic mass is 19.1. The fourth-order valence-corrected chi connectivity index (χ4v) is 5.40. The van der Waals surface area contributed by atoms with Crippen molar-refractivity contribution in [2.45, 2.75) is 24.1 Å². The first-order valence-electron chi connectivity index (χ1n) is 11.2. The molecule has 0 radical (unpaired) electrons. The third-order valence-corrected chi connectivity index (χ3v) is 6.94. The minimum absolute atomic E-state index is 0.136. The number of carbonyl (C=O) groups excluding carboxylic acids is 1. The van der Waals surface area contributed by atoms with Gasteiger partial charge in [0.05, 0.1) is 13.0 Å². The molecule has 5 rings (SSSR count). The summed E-state index contributed by atoms with van der Waals surface area (Å²) in [6.45, 7) is 0.442. The Labute approximate surface area is 201 Å². The molecule has 2 aliphatic heterocycles. The number of amides is 1. The number of para-hydroxylation sites is 1. The van der Waals surface area contributed by atoms with Gasteiger partial charge in [0.1, 0.15) is 12.4 Å². The number of nitrogens with zero attached hydrogens (tertiary/aromatic N) is 2. The Hall–Kier alpha value is -3.98. The van der Waals surface area contributed by atoms with E-state index in [1.54, 1.807) is 66.5 Å². The lowest BCUT2D eigenvalue weighted by molar-refractivity contribution is -0.534. The lowest BCUT2D eigenvalue weighted by atomic mass is 9.79. The maximum atomic E-state index is 13.5. The van der Waals surface area contributed by atoms with E-state index in [2.05, 4.69) is 5.32 Å². The number of carbonyl (C=O) groups is 1. The molecule has 1 spiro atoms. The molecule has 0 bridgehead atoms. The van der Waals surface area contributed by atoms with Crippen LogP contribution in [0.3, 0.4) is 0 Å². The fraction of sp³-hybridized carbons (Fsp3) is 0.269. The number of hydrogen-bond donors (Lipinski definition) is 1. The van der Waals surface area contributed by atoms with E-state index in [1.807, 2.05) is 0 Å². The van der Waals surface area contributed by atoms with E-state index < -0.39 is 23.4 Å². The number of methoxy groups -OCH3 is 1. The van der Waals surface area contributed by atoms with E-state index in [4.69, 9.17) is 9.47 Å². The predicted octanol–water partition coefficient (Wildman–Crippen LogP) is 3.94. The minimum atomic E-state index is -1.41. The lowest BCUT2D eigenvalue weighted by Gasteiger charge is -2.30. The van der Waals surface area contributed by atoms with E-state index >= 15 is 0 Å². The van der Waals surface area contributed by atoms with Gasteiger partial charge in [-0.2, -0.15) is 0 Å². The molecule has 0 aromatic heterocycles. The summed E-state index contributed by atoms with van der Waals surface area (Å²) in [5.74, 6) is -0.481. The van der Waals surface area contributed by atoms with Gasteiger partial charge < -0.3 is 14.8 Å². The average molecular weight is 477 g/mol. The Bertz CT molecular complexity index is 1320. The number of ether oxygens (including phenoxy) is 2. The molecule has 2 aliphatic rings. The Balaban J connectivity index is 1.49. The number of nitro groups is 1. The number of halogens is 1. The number of benzene rings is 3. The second-order valence-electron chi connectivity index (χ2n) is 8.81. The summed E-state index contributed by atoms with van der Waals surface area (Å²) in [5.41, 5.74) is 1.12. The summed E-state index contributed by atoms with van der Waals surface area (Å²) >= 11 is 0. The minimum Gasteiger partial charge on any atom is -0.493 e. The van der Waals surface area contributed by atoms with Crippen molar-refractivity contribution in [3.63, 3.8) is 0 Å². The molecule has 0 saturated carbocycles. The van der Waals surface area contributed by atoms with Crippen molar-refractivity contribution in [3.05, 3.63) is 99.4 Å². The smallest absolute Gasteiger partial charge is 0.256 e. The predicted molar refractivity (Wildman–Crippen MR) is 127 cm³/mol. The van der Waals surface area contributed by atoms with Gasteiger partial charge in [-0.25, -0.2) is 4.39 Å². The molecule has 3 atom stereocenters. The van der Waals surface area contributed by atoms with Gasteiger partial charge in [0, 0.05) is 22.7 Å². The Morgan fingerprint density at radius 1 is 1.14 bits per heavy atom. The van der Waals surface area contributed by atoms with Crippen molar-refractivity contribution in [2.24, 2.45) is 0 Å². The van der Waals surface area contributed by atoms with Gasteiger partial charge >= 0.3 is 0 Å². The SMILES string of the molecule is COc1cc([C@@H]2CN(C)[C@@]3(C(=O)Nc4ccccc43)[C@@H]2[N+](=O)[O-])ccc1OCc1cccc(F)c1. The second-order valence-corrected chi connectivity index (χ2v) is 8.81. The monoisotopic (exact) mass is 477 g/mol. The molecule has 1 N–H and O–H groups in total. The van der Waals surface area contributed by atoms with E-state index in [1.165, 1.54) is 19.2 Å². The van der Waals surface area contributed by atoms with Gasteiger partial charge in [-0.1, -0.05) is 36.4 Å². The number of nitrogens with one attached hydrogen (secondary N) is 1. The fourth-order valence-electron chi connectivity index (χ4n) is 5.40. The molecule has 0 unspecified atom stereocenters. The highest BCUT2D eigenvalue weighted by Gasteiger charge is 2.68. The third kappa shape index (κ3) is 3.59. The molecule has 3 aromatic carbocycles. The van der Waals surface area contributed by atoms with Gasteiger partial charge in [-0.3, -0.25) is 19.8 Å². The average Bonchev–Trinajstić information content (AvgIpc) is 3.32. The number of anilines is 1. The first-order valence-corrected chi connectivity index (χ1v) is 11.2. The van der Waals surface area contributed by atoms with E-state index in [9.17, 15) is 19.3 Å². The zero-order valence-corrected chi connectivity index (χ0v) is 19.2. The number of likely N-dealkylation sites (N-methyl/N-ethyl adjacent to an activating group) is 1. The van der Waals surface area contributed by atoms with Crippen LogP contribution in [0.15, 0.2) is 66.7 Å². The molecular weight excluding hydrogens is 453 g/mol. The van der Waals surface area contributed by atoms with E-state index in [0.717, 1.165) is 0 Å². The van der Waals surface area contributed by atoms with Crippen LogP contribution in [-0.4, -0.2) is 42.5 Å². The summed E-state index contributed by atoms with van der Waals surface area (Å²) in [4.78, 5) is 27.1. The zero-order valence-electron chi connectivity index (χ0n) is 19.2. The van der Waals surface area contributed by atoms with Gasteiger partial charge in [0.2, 0.25) is 0 Å². The van der Waals surface area contributed by atoms with Crippen molar-refractivity contribution < 1.29 is 23.6 Å². The van der Waals surface area contributed by atoms with Gasteiger partial charge in [-0.05, 0) is 48.5 Å². The zero-order chi connectivity index (χ0) is 24.7. The maximum absolute atomic E-state index is 13.5. The van der Waals surface area contributed by atoms with Crippen molar-refractivity contribution >= 4 is 11.6 Å². The number of hydrogen-bond acceptors (Lipinski definition) is 6. The van der Waals surface area contributed by atoms with Crippen LogP contribution >= 0.6 is 0 Å². The molecule has 180 valence electrons. The summed E-state index contributed by atoms with van der Waals surface area (Å²) in [6.07, 6.45) is 0. The van der Waals surface area contributed by atoms with E-state index in [-0.39, 0.29) is 17.3 Å². The second kappa shape index (κ2) is 8.66. The Kier molecular flexibility index (Phi) is 5.64. The molecular formula is C26H24FN3O5. The van der Waals surface area contributed by atoms with Crippen LogP contribution in [0, 0.1) is 15.9 Å². The first kappa shape index (κ1) is 22.8. The highest BCUT2D eigenvalue weighted by molar-refractivity contribution is 6.06. The maximum Gasteiger partial charge on any atom is 0.256 e. The quantitative estimate of drug-likeness (QED) is 0.427. The molecule has 1 saturated heterocycles. The molecule has 0 aliphatic carbocycles. The van der Waals surface area contributed by atoms with Crippen LogP contribution in [0.1, 0.15) is 22.6 Å². The summed E-state index contributed by atoms with van der Waals surface area (Å²) in [6, 6.07) is 17.2. The Morgan fingerprint density at radius 2 is 1.94 bits per heavy atom. The summed E-state index contributed by atoms with van der Waals surface area (Å²) < 4.78 is 24.8. The first-order chi connectivity index (χ1) is 16.9. The third-order valence-electron chi connectivity index (χ3n) is 6.94. The van der Waals surface area contributed by atoms with Crippen LogP contribution < -0.4 is 14.8 Å². The highest BCUT2D eigenvalue weighted by Crippen LogP contribution is 2.52. The summed E-state index contributed by atoms with van der Waals surface area (Å²) in [5, 5.41) is 15.3. The molecule has 1 amide bonds. The Morgan fingerprint density at radius 3 is 2.69 bits per heavy atom. The van der Waals surface area contributed by atoms with Gasteiger partial charge in [-0.15, -0.1) is 0 Å². The number of rotatable bonds is 6. The van der Waals surface area contributed by atoms with E-state index in [0.29, 0.717) is 40.4 Å². The van der Waals surface area contributed by atoms with Gasteiger partial charge in [0.25, 0.3) is 11.9 Å². The number of fused-ring (bicyclic) bond motifs is 2.